The van der Waals surface area contributed by atoms with Gasteiger partial charge in [-0.25, -0.2) is 9.78 Å². The maximum atomic E-state index is 12.6. The lowest BCUT2D eigenvalue weighted by molar-refractivity contribution is 0.0522. The molecule has 0 saturated carbocycles. The number of hydrogen-bond donors (Lipinski definition) is 1. The van der Waals surface area contributed by atoms with Gasteiger partial charge in [0, 0.05) is 18.7 Å². The molecule has 1 aliphatic rings. The van der Waals surface area contributed by atoms with E-state index < -0.39 is 5.97 Å². The van der Waals surface area contributed by atoms with Crippen molar-refractivity contribution in [1.82, 2.24) is 9.55 Å². The third kappa shape index (κ3) is 3.45. The molecule has 1 atom stereocenters. The zero-order valence-electron chi connectivity index (χ0n) is 14.2. The molecule has 0 aliphatic carbocycles. The van der Waals surface area contributed by atoms with Crippen LogP contribution in [0.2, 0.25) is 0 Å². The number of para-hydroxylation sites is 1. The van der Waals surface area contributed by atoms with Gasteiger partial charge in [-0.1, -0.05) is 25.1 Å². The predicted molar refractivity (Wildman–Crippen MR) is 94.8 cm³/mol. The van der Waals surface area contributed by atoms with Gasteiger partial charge < -0.3 is 4.74 Å². The fourth-order valence-electron chi connectivity index (χ4n) is 2.73. The van der Waals surface area contributed by atoms with Gasteiger partial charge in [0.2, 0.25) is 0 Å². The number of nitrogens with zero attached hydrogens (tertiary/aromatic N) is 3. The molecule has 0 spiro atoms. The number of fused-ring (bicyclic) bond motifs is 1. The van der Waals surface area contributed by atoms with Gasteiger partial charge in [-0.05, 0) is 25.5 Å². The third-order valence-electron chi connectivity index (χ3n) is 4.10. The first kappa shape index (κ1) is 16.9. The van der Waals surface area contributed by atoms with Gasteiger partial charge in [-0.3, -0.25) is 14.8 Å². The zero-order chi connectivity index (χ0) is 17.8. The second-order valence-corrected chi connectivity index (χ2v) is 5.84. The van der Waals surface area contributed by atoms with Crippen LogP contribution in [0.25, 0.3) is 0 Å². The van der Waals surface area contributed by atoms with Crippen LogP contribution in [0.3, 0.4) is 0 Å². The summed E-state index contributed by atoms with van der Waals surface area (Å²) in [6.45, 7) is 4.45. The summed E-state index contributed by atoms with van der Waals surface area (Å²) in [5.41, 5.74) is 4.12. The first-order valence-corrected chi connectivity index (χ1v) is 8.27. The quantitative estimate of drug-likeness (QED) is 0.682. The number of ether oxygens (including phenoxy) is 1. The van der Waals surface area contributed by atoms with E-state index in [2.05, 4.69) is 15.5 Å². The van der Waals surface area contributed by atoms with Crippen molar-refractivity contribution in [1.29, 1.82) is 0 Å². The molecule has 2 aromatic rings. The summed E-state index contributed by atoms with van der Waals surface area (Å²) < 4.78 is 6.42. The van der Waals surface area contributed by atoms with Crippen LogP contribution in [0.5, 0.6) is 0 Å². The maximum Gasteiger partial charge on any atom is 0.345 e. The molecule has 1 N–H and O–H groups in total. The summed E-state index contributed by atoms with van der Waals surface area (Å²) in [6.07, 6.45) is 2.03. The molecule has 0 radical (unpaired) electrons. The van der Waals surface area contributed by atoms with E-state index in [0.717, 1.165) is 12.1 Å². The zero-order valence-corrected chi connectivity index (χ0v) is 14.2. The molecule has 7 heteroatoms. The fourth-order valence-corrected chi connectivity index (χ4v) is 2.73. The molecule has 130 valence electrons. The third-order valence-corrected chi connectivity index (χ3v) is 4.10. The highest BCUT2D eigenvalue weighted by atomic mass is 16.5. The molecule has 1 aliphatic heterocycles. The highest BCUT2D eigenvalue weighted by Crippen LogP contribution is 2.19. The second kappa shape index (κ2) is 7.29. The number of carbonyl (C=O) groups is 1. The van der Waals surface area contributed by atoms with Crippen molar-refractivity contribution in [2.45, 2.75) is 26.8 Å². The topological polar surface area (TPSA) is 85.6 Å². The SMILES string of the molecule is CCOC(=O)c1cnc2n(c1=O)CCC(C)/C2=N\Nc1ccccc1. The molecule has 0 amide bonds. The lowest BCUT2D eigenvalue weighted by Gasteiger charge is -2.24. The first-order chi connectivity index (χ1) is 12.1. The fraction of sp³-hybridized carbons (Fsp3) is 0.333. The van der Waals surface area contributed by atoms with E-state index in [9.17, 15) is 9.59 Å². The molecule has 0 bridgehead atoms. The molecule has 1 aromatic carbocycles. The summed E-state index contributed by atoms with van der Waals surface area (Å²) >= 11 is 0. The van der Waals surface area contributed by atoms with Gasteiger partial charge in [0.25, 0.3) is 5.56 Å². The standard InChI is InChI=1S/C18H20N4O3/c1-3-25-18(24)14-11-19-16-15(12(2)9-10-22(16)17(14)23)21-20-13-7-5-4-6-8-13/h4-8,11-12,20H,3,9-10H2,1-2H3/b21-15+. The molecule has 3 rings (SSSR count). The Balaban J connectivity index is 1.97. The van der Waals surface area contributed by atoms with E-state index in [1.807, 2.05) is 37.3 Å². The van der Waals surface area contributed by atoms with Crippen LogP contribution in [-0.2, 0) is 11.3 Å². The van der Waals surface area contributed by atoms with E-state index in [-0.39, 0.29) is 23.6 Å². The summed E-state index contributed by atoms with van der Waals surface area (Å²) in [7, 11) is 0. The highest BCUT2D eigenvalue weighted by Gasteiger charge is 2.27. The number of benzene rings is 1. The van der Waals surface area contributed by atoms with Gasteiger partial charge >= 0.3 is 5.97 Å². The Morgan fingerprint density at radius 2 is 2.16 bits per heavy atom. The van der Waals surface area contributed by atoms with Crippen LogP contribution in [-0.4, -0.2) is 27.8 Å². The van der Waals surface area contributed by atoms with Crippen molar-refractivity contribution >= 4 is 17.4 Å². The van der Waals surface area contributed by atoms with E-state index in [4.69, 9.17) is 4.74 Å². The monoisotopic (exact) mass is 340 g/mol. The second-order valence-electron chi connectivity index (χ2n) is 5.84. The number of aromatic nitrogens is 2. The Kier molecular flexibility index (Phi) is 4.92. The lowest BCUT2D eigenvalue weighted by atomic mass is 9.97. The van der Waals surface area contributed by atoms with E-state index in [0.29, 0.717) is 18.1 Å². The van der Waals surface area contributed by atoms with Gasteiger partial charge in [0.1, 0.15) is 11.3 Å². The first-order valence-electron chi connectivity index (χ1n) is 8.27. The van der Waals surface area contributed by atoms with Crippen molar-refractivity contribution in [2.24, 2.45) is 11.0 Å². The number of esters is 1. The minimum Gasteiger partial charge on any atom is -0.462 e. The van der Waals surface area contributed by atoms with Crippen LogP contribution >= 0.6 is 0 Å². The molecule has 1 aromatic heterocycles. The van der Waals surface area contributed by atoms with Gasteiger partial charge in [0.15, 0.2) is 5.82 Å². The average molecular weight is 340 g/mol. The Hall–Kier alpha value is -2.96. The van der Waals surface area contributed by atoms with Gasteiger partial charge in [0.05, 0.1) is 12.3 Å². The smallest absolute Gasteiger partial charge is 0.345 e. The van der Waals surface area contributed by atoms with Crippen molar-refractivity contribution in [2.75, 3.05) is 12.0 Å². The van der Waals surface area contributed by atoms with Crippen LogP contribution in [0.15, 0.2) is 46.4 Å². The van der Waals surface area contributed by atoms with E-state index >= 15 is 0 Å². The molecule has 1 unspecified atom stereocenters. The van der Waals surface area contributed by atoms with E-state index in [1.54, 1.807) is 6.92 Å². The molecular weight excluding hydrogens is 320 g/mol. The summed E-state index contributed by atoms with van der Waals surface area (Å²) in [5.74, 6) is -0.00777. The molecule has 7 nitrogen and oxygen atoms in total. The van der Waals surface area contributed by atoms with Crippen molar-refractivity contribution in [3.05, 3.63) is 58.3 Å². The molecule has 0 fully saturated rings. The normalized spacial score (nSPS) is 17.8. The largest absolute Gasteiger partial charge is 0.462 e. The number of anilines is 1. The number of rotatable bonds is 4. The number of hydrazone groups is 1. The Bertz CT molecular complexity index is 858. The average Bonchev–Trinajstić information content (AvgIpc) is 2.62. The molecule has 0 saturated heterocycles. The van der Waals surface area contributed by atoms with Crippen LogP contribution in [0.4, 0.5) is 5.69 Å². The highest BCUT2D eigenvalue weighted by molar-refractivity contribution is 6.00. The molecule has 2 heterocycles. The Labute approximate surface area is 145 Å². The summed E-state index contributed by atoms with van der Waals surface area (Å²) in [5, 5.41) is 4.46. The maximum absolute atomic E-state index is 12.6. The minimum absolute atomic E-state index is 0.0458. The molecular formula is C18H20N4O3. The van der Waals surface area contributed by atoms with Crippen molar-refractivity contribution in [3.8, 4) is 0 Å². The minimum atomic E-state index is -0.644. The van der Waals surface area contributed by atoms with Crippen LogP contribution in [0, 0.1) is 5.92 Å². The summed E-state index contributed by atoms with van der Waals surface area (Å²) in [4.78, 5) is 28.8. The number of hydrogen-bond acceptors (Lipinski definition) is 6. The van der Waals surface area contributed by atoms with Crippen LogP contribution < -0.4 is 11.0 Å². The van der Waals surface area contributed by atoms with Gasteiger partial charge in [-0.2, -0.15) is 5.10 Å². The van der Waals surface area contributed by atoms with Crippen LogP contribution in [0.1, 0.15) is 36.5 Å². The number of carbonyl (C=O) groups excluding carboxylic acids is 1. The predicted octanol–water partition coefficient (Wildman–Crippen LogP) is 2.28. The van der Waals surface area contributed by atoms with E-state index in [1.165, 1.54) is 10.8 Å². The summed E-state index contributed by atoms with van der Waals surface area (Å²) in [6, 6.07) is 9.56. The van der Waals surface area contributed by atoms with Crippen molar-refractivity contribution < 1.29 is 9.53 Å². The Morgan fingerprint density at radius 1 is 1.40 bits per heavy atom. The molecule has 25 heavy (non-hydrogen) atoms. The van der Waals surface area contributed by atoms with Gasteiger partial charge in [-0.15, -0.1) is 0 Å². The Morgan fingerprint density at radius 3 is 2.88 bits per heavy atom. The lowest BCUT2D eigenvalue weighted by Crippen LogP contribution is -2.38. The van der Waals surface area contributed by atoms with Crippen molar-refractivity contribution in [3.63, 3.8) is 0 Å². The number of nitrogens with one attached hydrogen (secondary N) is 1.